The van der Waals surface area contributed by atoms with Crippen LogP contribution in [-0.4, -0.2) is 35.4 Å². The van der Waals surface area contributed by atoms with Gasteiger partial charge in [-0.15, -0.1) is 11.3 Å². The summed E-state index contributed by atoms with van der Waals surface area (Å²) in [6, 6.07) is 3.35. The van der Waals surface area contributed by atoms with Gasteiger partial charge in [-0.25, -0.2) is 0 Å². The normalized spacial score (nSPS) is 9.95. The summed E-state index contributed by atoms with van der Waals surface area (Å²) in [5.74, 6) is -0.586. The van der Waals surface area contributed by atoms with Gasteiger partial charge in [-0.2, -0.15) is 0 Å². The van der Waals surface area contributed by atoms with Crippen LogP contribution in [0.25, 0.3) is 10.6 Å². The molecule has 2 aromatic rings. The van der Waals surface area contributed by atoms with Gasteiger partial charge < -0.3 is 10.6 Å². The third kappa shape index (κ3) is 3.14. The number of rotatable bonds is 4. The molecule has 98 valence electrons. The van der Waals surface area contributed by atoms with Crippen molar-refractivity contribution in [1.82, 2.24) is 20.6 Å². The van der Waals surface area contributed by atoms with Crippen molar-refractivity contribution in [3.63, 3.8) is 0 Å². The van der Waals surface area contributed by atoms with Crippen molar-refractivity contribution in [2.75, 3.05) is 13.6 Å². The van der Waals surface area contributed by atoms with Gasteiger partial charge >= 0.3 is 0 Å². The third-order valence-corrected chi connectivity index (χ3v) is 3.19. The average Bonchev–Trinajstić information content (AvgIpc) is 2.98. The van der Waals surface area contributed by atoms with Crippen molar-refractivity contribution >= 4 is 23.2 Å². The second-order valence-corrected chi connectivity index (χ2v) is 4.51. The topological polar surface area (TPSA) is 84.0 Å². The Kier molecular flexibility index (Phi) is 4.19. The van der Waals surface area contributed by atoms with Crippen molar-refractivity contribution in [3.8, 4) is 10.6 Å². The van der Waals surface area contributed by atoms with E-state index in [0.29, 0.717) is 11.3 Å². The van der Waals surface area contributed by atoms with E-state index >= 15 is 0 Å². The molecule has 0 aliphatic heterocycles. The molecule has 0 bridgehead atoms. The molecular weight excluding hydrogens is 264 g/mol. The Morgan fingerprint density at radius 3 is 2.95 bits per heavy atom. The van der Waals surface area contributed by atoms with Crippen LogP contribution in [0.5, 0.6) is 0 Å². The van der Waals surface area contributed by atoms with E-state index in [0.717, 1.165) is 4.88 Å². The predicted octanol–water partition coefficient (Wildman–Crippen LogP) is 0.681. The summed E-state index contributed by atoms with van der Waals surface area (Å²) in [7, 11) is 1.52. The molecule has 0 unspecified atom stereocenters. The molecule has 0 radical (unpaired) electrons. The molecule has 19 heavy (non-hydrogen) atoms. The largest absolute Gasteiger partial charge is 0.358 e. The lowest BCUT2D eigenvalue weighted by Gasteiger charge is -2.07. The number of nitrogens with zero attached hydrogens (tertiary/aromatic N) is 2. The summed E-state index contributed by atoms with van der Waals surface area (Å²) in [5.41, 5.74) is 2.67. The number of amides is 2. The van der Waals surface area contributed by atoms with Crippen LogP contribution in [0.2, 0.25) is 0 Å². The van der Waals surface area contributed by atoms with E-state index in [4.69, 9.17) is 0 Å². The second-order valence-electron chi connectivity index (χ2n) is 3.62. The van der Waals surface area contributed by atoms with Gasteiger partial charge in [-0.1, -0.05) is 0 Å². The van der Waals surface area contributed by atoms with Gasteiger partial charge in [0.1, 0.15) is 0 Å². The van der Waals surface area contributed by atoms with Gasteiger partial charge in [0.15, 0.2) is 0 Å². The fourth-order valence-corrected chi connectivity index (χ4v) is 2.09. The maximum atomic E-state index is 12.0. The number of pyridine rings is 1. The fourth-order valence-electron chi connectivity index (χ4n) is 1.46. The Labute approximate surface area is 113 Å². The zero-order chi connectivity index (χ0) is 13.7. The minimum Gasteiger partial charge on any atom is -0.358 e. The number of carbonyl (C=O) groups excluding carboxylic acids is 2. The van der Waals surface area contributed by atoms with Crippen molar-refractivity contribution in [1.29, 1.82) is 0 Å². The molecule has 0 spiro atoms. The van der Waals surface area contributed by atoms with E-state index in [1.54, 1.807) is 30.0 Å². The maximum absolute atomic E-state index is 12.0. The smallest absolute Gasteiger partial charge is 0.253 e. The number of hydrogen-bond acceptors (Lipinski definition) is 5. The lowest BCUT2D eigenvalue weighted by atomic mass is 10.1. The first-order valence-corrected chi connectivity index (χ1v) is 6.43. The summed E-state index contributed by atoms with van der Waals surface area (Å²) in [4.78, 5) is 32.1. The van der Waals surface area contributed by atoms with E-state index in [1.165, 1.54) is 18.4 Å². The minimum atomic E-state index is -0.333. The fraction of sp³-hybridized carbons (Fsp3) is 0.167. The molecule has 0 fully saturated rings. The van der Waals surface area contributed by atoms with Crippen LogP contribution < -0.4 is 10.6 Å². The highest BCUT2D eigenvalue weighted by atomic mass is 32.1. The standard InChI is InChI=1S/C12H12N4O2S/c1-13-10(17)6-16-12(18)8-3-2-4-15-11(8)9-5-14-7-19-9/h2-5,7H,6H2,1H3,(H,13,17)(H,16,18). The monoisotopic (exact) mass is 276 g/mol. The quantitative estimate of drug-likeness (QED) is 0.860. The number of nitrogens with one attached hydrogen (secondary N) is 2. The number of likely N-dealkylation sites (N-methyl/N-ethyl adjacent to an activating group) is 1. The first kappa shape index (κ1) is 13.2. The van der Waals surface area contributed by atoms with Gasteiger partial charge in [0.05, 0.1) is 28.2 Å². The number of carbonyl (C=O) groups is 2. The van der Waals surface area contributed by atoms with Crippen molar-refractivity contribution in [3.05, 3.63) is 35.6 Å². The van der Waals surface area contributed by atoms with Gasteiger partial charge in [-0.3, -0.25) is 19.6 Å². The van der Waals surface area contributed by atoms with E-state index in [-0.39, 0.29) is 18.4 Å². The number of aromatic nitrogens is 2. The van der Waals surface area contributed by atoms with E-state index in [9.17, 15) is 9.59 Å². The molecule has 0 aliphatic carbocycles. The molecular formula is C12H12N4O2S. The lowest BCUT2D eigenvalue weighted by molar-refractivity contribution is -0.119. The molecule has 2 rings (SSSR count). The average molecular weight is 276 g/mol. The summed E-state index contributed by atoms with van der Waals surface area (Å²) < 4.78 is 0. The number of thiazole rings is 1. The Morgan fingerprint density at radius 1 is 1.42 bits per heavy atom. The molecule has 0 atom stereocenters. The highest BCUT2D eigenvalue weighted by Crippen LogP contribution is 2.24. The third-order valence-electron chi connectivity index (χ3n) is 2.41. The lowest BCUT2D eigenvalue weighted by Crippen LogP contribution is -2.35. The van der Waals surface area contributed by atoms with Crippen molar-refractivity contribution < 1.29 is 9.59 Å². The van der Waals surface area contributed by atoms with Crippen LogP contribution >= 0.6 is 11.3 Å². The van der Waals surface area contributed by atoms with E-state index < -0.39 is 0 Å². The molecule has 2 heterocycles. The summed E-state index contributed by atoms with van der Waals surface area (Å²) in [6.45, 7) is -0.0631. The highest BCUT2D eigenvalue weighted by molar-refractivity contribution is 7.13. The summed E-state index contributed by atoms with van der Waals surface area (Å²) in [5, 5.41) is 4.98. The minimum absolute atomic E-state index is 0.0631. The van der Waals surface area contributed by atoms with Crippen LogP contribution in [0, 0.1) is 0 Å². The van der Waals surface area contributed by atoms with Crippen LogP contribution in [0.3, 0.4) is 0 Å². The van der Waals surface area contributed by atoms with Crippen LogP contribution in [0.1, 0.15) is 10.4 Å². The zero-order valence-electron chi connectivity index (χ0n) is 10.2. The zero-order valence-corrected chi connectivity index (χ0v) is 11.0. The van der Waals surface area contributed by atoms with Gasteiger partial charge in [0.2, 0.25) is 5.91 Å². The van der Waals surface area contributed by atoms with Crippen molar-refractivity contribution in [2.45, 2.75) is 0 Å². The SMILES string of the molecule is CNC(=O)CNC(=O)c1cccnc1-c1cncs1. The van der Waals surface area contributed by atoms with E-state index in [2.05, 4.69) is 20.6 Å². The number of hydrogen-bond donors (Lipinski definition) is 2. The summed E-state index contributed by atoms with van der Waals surface area (Å²) >= 11 is 1.40. The molecule has 0 aliphatic rings. The molecule has 6 nitrogen and oxygen atoms in total. The molecule has 2 aromatic heterocycles. The molecule has 0 saturated heterocycles. The Bertz CT molecular complexity index is 583. The van der Waals surface area contributed by atoms with E-state index in [1.807, 2.05) is 0 Å². The molecule has 0 saturated carbocycles. The van der Waals surface area contributed by atoms with Crippen LogP contribution in [-0.2, 0) is 4.79 Å². The molecule has 2 amide bonds. The molecule has 2 N–H and O–H groups in total. The van der Waals surface area contributed by atoms with Crippen LogP contribution in [0.15, 0.2) is 30.0 Å². The molecule has 0 aromatic carbocycles. The predicted molar refractivity (Wildman–Crippen MR) is 71.7 cm³/mol. The van der Waals surface area contributed by atoms with Gasteiger partial charge in [-0.05, 0) is 12.1 Å². The molecule has 7 heteroatoms. The second kappa shape index (κ2) is 6.05. The van der Waals surface area contributed by atoms with Gasteiger partial charge in [0.25, 0.3) is 5.91 Å². The van der Waals surface area contributed by atoms with Gasteiger partial charge in [0, 0.05) is 19.4 Å². The Hall–Kier alpha value is -2.28. The Balaban J connectivity index is 2.20. The Morgan fingerprint density at radius 2 is 2.26 bits per heavy atom. The maximum Gasteiger partial charge on any atom is 0.253 e. The van der Waals surface area contributed by atoms with Crippen molar-refractivity contribution in [2.24, 2.45) is 0 Å². The highest BCUT2D eigenvalue weighted by Gasteiger charge is 2.15. The summed E-state index contributed by atoms with van der Waals surface area (Å²) in [6.07, 6.45) is 3.27. The first-order valence-electron chi connectivity index (χ1n) is 5.55. The van der Waals surface area contributed by atoms with Crippen LogP contribution in [0.4, 0.5) is 0 Å². The first-order chi connectivity index (χ1) is 9.22.